The lowest BCUT2D eigenvalue weighted by molar-refractivity contribution is -0.108. The number of hydrogen-bond donors (Lipinski definition) is 0. The van der Waals surface area contributed by atoms with Crippen LogP contribution < -0.4 is 0 Å². The summed E-state index contributed by atoms with van der Waals surface area (Å²) >= 11 is 1.79. The average molecular weight is 282 g/mol. The lowest BCUT2D eigenvalue weighted by atomic mass is 9.91. The molecule has 1 aliphatic heterocycles. The molecule has 2 aromatic rings. The van der Waals surface area contributed by atoms with E-state index in [9.17, 15) is 4.79 Å². The van der Waals surface area contributed by atoms with Crippen molar-refractivity contribution in [1.29, 1.82) is 0 Å². The van der Waals surface area contributed by atoms with Gasteiger partial charge < -0.3 is 4.79 Å². The molecule has 0 spiro atoms. The van der Waals surface area contributed by atoms with Crippen LogP contribution in [0.5, 0.6) is 0 Å². The summed E-state index contributed by atoms with van der Waals surface area (Å²) in [7, 11) is 0. The minimum absolute atomic E-state index is 0.109. The molecule has 1 atom stereocenters. The maximum atomic E-state index is 11.5. The highest BCUT2D eigenvalue weighted by atomic mass is 32.2. The van der Waals surface area contributed by atoms with Crippen LogP contribution in [0.1, 0.15) is 42.4 Å². The first-order chi connectivity index (χ1) is 9.83. The molecule has 0 aromatic heterocycles. The van der Waals surface area contributed by atoms with E-state index in [1.807, 2.05) is 12.1 Å². The Morgan fingerprint density at radius 3 is 2.70 bits per heavy atom. The molecule has 2 aromatic carbocycles. The highest BCUT2D eigenvalue weighted by Crippen LogP contribution is 2.45. The fourth-order valence-corrected chi connectivity index (χ4v) is 3.94. The van der Waals surface area contributed by atoms with Crippen LogP contribution in [0.2, 0.25) is 0 Å². The number of carbonyl (C=O) groups is 1. The molecule has 3 rings (SSSR count). The largest absolute Gasteiger partial charge is 0.302 e. The van der Waals surface area contributed by atoms with Crippen LogP contribution in [0.4, 0.5) is 0 Å². The summed E-state index contributed by atoms with van der Waals surface area (Å²) in [5, 5.41) is 0. The number of unbranched alkanes of at least 4 members (excludes halogenated alkanes) is 1. The van der Waals surface area contributed by atoms with Gasteiger partial charge in [-0.25, -0.2) is 0 Å². The van der Waals surface area contributed by atoms with Crippen molar-refractivity contribution in [1.82, 2.24) is 0 Å². The van der Waals surface area contributed by atoms with Gasteiger partial charge in [0.1, 0.15) is 6.29 Å². The first-order valence-electron chi connectivity index (χ1n) is 7.18. The third-order valence-electron chi connectivity index (χ3n) is 3.84. The molecule has 20 heavy (non-hydrogen) atoms. The van der Waals surface area contributed by atoms with Gasteiger partial charge in [0.15, 0.2) is 0 Å². The minimum atomic E-state index is -0.109. The molecule has 1 unspecified atom stereocenters. The summed E-state index contributed by atoms with van der Waals surface area (Å²) < 4.78 is 0. The Morgan fingerprint density at radius 1 is 1.10 bits per heavy atom. The van der Waals surface area contributed by atoms with Crippen molar-refractivity contribution in [3.05, 3.63) is 59.2 Å². The van der Waals surface area contributed by atoms with Gasteiger partial charge in [-0.3, -0.25) is 0 Å². The normalized spacial score (nSPS) is 16.4. The SMILES string of the molecule is CCCCc1ccc2c(c1)Sc1ccccc1C2C=O. The van der Waals surface area contributed by atoms with E-state index in [0.29, 0.717) is 0 Å². The molecule has 102 valence electrons. The van der Waals surface area contributed by atoms with Crippen molar-refractivity contribution in [3.8, 4) is 0 Å². The zero-order valence-electron chi connectivity index (χ0n) is 11.6. The van der Waals surface area contributed by atoms with E-state index >= 15 is 0 Å². The smallest absolute Gasteiger partial charge is 0.131 e. The standard InChI is InChI=1S/C18H18OS/c1-2-3-6-13-9-10-15-16(12-19)14-7-4-5-8-17(14)20-18(15)11-13/h4-5,7-12,16H,2-3,6H2,1H3. The second-order valence-corrected chi connectivity index (χ2v) is 6.31. The van der Waals surface area contributed by atoms with Gasteiger partial charge in [-0.1, -0.05) is 55.4 Å². The number of fused-ring (bicyclic) bond motifs is 2. The predicted molar refractivity (Wildman–Crippen MR) is 83.5 cm³/mol. The summed E-state index contributed by atoms with van der Waals surface area (Å²) in [6, 6.07) is 14.8. The highest BCUT2D eigenvalue weighted by molar-refractivity contribution is 7.99. The average Bonchev–Trinajstić information content (AvgIpc) is 2.50. The Balaban J connectivity index is 2.01. The Kier molecular flexibility index (Phi) is 3.93. The number of aryl methyl sites for hydroxylation is 1. The molecular weight excluding hydrogens is 264 g/mol. The van der Waals surface area contributed by atoms with Gasteiger partial charge in [-0.15, -0.1) is 0 Å². The van der Waals surface area contributed by atoms with Crippen molar-refractivity contribution >= 4 is 18.0 Å². The van der Waals surface area contributed by atoms with Crippen LogP contribution in [0.3, 0.4) is 0 Å². The molecular formula is C18H18OS. The molecule has 1 heterocycles. The molecule has 0 amide bonds. The van der Waals surface area contributed by atoms with Crippen molar-refractivity contribution in [2.45, 2.75) is 41.9 Å². The molecule has 0 saturated heterocycles. The molecule has 0 N–H and O–H groups in total. The van der Waals surface area contributed by atoms with Crippen LogP contribution in [0.25, 0.3) is 0 Å². The van der Waals surface area contributed by atoms with Gasteiger partial charge in [0, 0.05) is 9.79 Å². The molecule has 2 heteroatoms. The van der Waals surface area contributed by atoms with E-state index in [1.54, 1.807) is 11.8 Å². The topological polar surface area (TPSA) is 17.1 Å². The van der Waals surface area contributed by atoms with Gasteiger partial charge in [-0.05, 0) is 41.7 Å². The Bertz CT molecular complexity index is 633. The summed E-state index contributed by atoms with van der Waals surface area (Å²) in [5.41, 5.74) is 3.67. The Morgan fingerprint density at radius 2 is 1.90 bits per heavy atom. The zero-order chi connectivity index (χ0) is 13.9. The van der Waals surface area contributed by atoms with E-state index in [0.717, 1.165) is 23.8 Å². The van der Waals surface area contributed by atoms with Gasteiger partial charge in [-0.2, -0.15) is 0 Å². The second-order valence-electron chi connectivity index (χ2n) is 5.23. The molecule has 0 saturated carbocycles. The van der Waals surface area contributed by atoms with Gasteiger partial charge in [0.05, 0.1) is 5.92 Å². The number of rotatable bonds is 4. The number of hydrogen-bond acceptors (Lipinski definition) is 2. The predicted octanol–water partition coefficient (Wildman–Crippen LogP) is 4.82. The maximum absolute atomic E-state index is 11.5. The van der Waals surface area contributed by atoms with E-state index in [2.05, 4.69) is 37.3 Å². The second kappa shape index (κ2) is 5.84. The maximum Gasteiger partial charge on any atom is 0.131 e. The highest BCUT2D eigenvalue weighted by Gasteiger charge is 2.25. The van der Waals surface area contributed by atoms with Crippen LogP contribution >= 0.6 is 11.8 Å². The van der Waals surface area contributed by atoms with Gasteiger partial charge >= 0.3 is 0 Å². The summed E-state index contributed by atoms with van der Waals surface area (Å²) in [4.78, 5) is 14.0. The molecule has 1 aliphatic rings. The summed E-state index contributed by atoms with van der Waals surface area (Å²) in [6.07, 6.45) is 4.63. The first-order valence-corrected chi connectivity index (χ1v) is 8.00. The van der Waals surface area contributed by atoms with Crippen LogP contribution in [0, 0.1) is 0 Å². The van der Waals surface area contributed by atoms with Gasteiger partial charge in [0.25, 0.3) is 0 Å². The Labute approximate surface area is 124 Å². The van der Waals surface area contributed by atoms with Crippen molar-refractivity contribution < 1.29 is 4.79 Å². The number of carbonyl (C=O) groups excluding carboxylic acids is 1. The summed E-state index contributed by atoms with van der Waals surface area (Å²) in [5.74, 6) is -0.109. The fourth-order valence-electron chi connectivity index (χ4n) is 2.72. The van der Waals surface area contributed by atoms with E-state index in [4.69, 9.17) is 0 Å². The van der Waals surface area contributed by atoms with Crippen molar-refractivity contribution in [2.24, 2.45) is 0 Å². The lowest BCUT2D eigenvalue weighted by Gasteiger charge is -2.24. The minimum Gasteiger partial charge on any atom is -0.302 e. The Hall–Kier alpha value is -1.54. The van der Waals surface area contributed by atoms with Crippen LogP contribution in [-0.2, 0) is 11.2 Å². The monoisotopic (exact) mass is 282 g/mol. The number of benzene rings is 2. The van der Waals surface area contributed by atoms with E-state index in [1.165, 1.54) is 28.2 Å². The van der Waals surface area contributed by atoms with Crippen molar-refractivity contribution in [3.63, 3.8) is 0 Å². The quantitative estimate of drug-likeness (QED) is 0.747. The molecule has 0 aliphatic carbocycles. The van der Waals surface area contributed by atoms with E-state index in [-0.39, 0.29) is 5.92 Å². The third-order valence-corrected chi connectivity index (χ3v) is 5.01. The van der Waals surface area contributed by atoms with Crippen LogP contribution in [-0.4, -0.2) is 6.29 Å². The zero-order valence-corrected chi connectivity index (χ0v) is 12.5. The summed E-state index contributed by atoms with van der Waals surface area (Å²) in [6.45, 7) is 2.21. The molecule has 0 radical (unpaired) electrons. The van der Waals surface area contributed by atoms with Crippen molar-refractivity contribution in [2.75, 3.05) is 0 Å². The fraction of sp³-hybridized carbons (Fsp3) is 0.278. The number of aldehydes is 1. The molecule has 0 fully saturated rings. The van der Waals surface area contributed by atoms with Gasteiger partial charge in [0.2, 0.25) is 0 Å². The lowest BCUT2D eigenvalue weighted by Crippen LogP contribution is -2.09. The third kappa shape index (κ3) is 2.40. The first kappa shape index (κ1) is 13.4. The van der Waals surface area contributed by atoms with E-state index < -0.39 is 0 Å². The van der Waals surface area contributed by atoms with Crippen LogP contribution in [0.15, 0.2) is 52.3 Å². The molecule has 1 nitrogen and oxygen atoms in total. The molecule has 0 bridgehead atoms.